The fourth-order valence-corrected chi connectivity index (χ4v) is 3.83. The van der Waals surface area contributed by atoms with Gasteiger partial charge in [0.2, 0.25) is 0 Å². The Hall–Kier alpha value is -0.240. The van der Waals surface area contributed by atoms with E-state index in [2.05, 4.69) is 25.2 Å². The van der Waals surface area contributed by atoms with Crippen molar-refractivity contribution in [1.82, 2.24) is 5.32 Å². The van der Waals surface area contributed by atoms with E-state index in [1.807, 2.05) is 12.1 Å². The largest absolute Gasteiger partial charge is 0.316 e. The zero-order valence-electron chi connectivity index (χ0n) is 13.2. The van der Waals surface area contributed by atoms with Gasteiger partial charge in [-0.05, 0) is 67.8 Å². The van der Waals surface area contributed by atoms with Crippen molar-refractivity contribution in [2.45, 2.75) is 46.0 Å². The Morgan fingerprint density at radius 2 is 1.86 bits per heavy atom. The summed E-state index contributed by atoms with van der Waals surface area (Å²) in [6.45, 7) is 6.79. The summed E-state index contributed by atoms with van der Waals surface area (Å²) in [5.41, 5.74) is 1.25. The monoisotopic (exact) mass is 327 g/mol. The number of rotatable bonds is 6. The predicted octanol–water partition coefficient (Wildman–Crippen LogP) is 5.59. The van der Waals surface area contributed by atoms with Crippen molar-refractivity contribution in [1.29, 1.82) is 0 Å². The molecule has 0 spiro atoms. The summed E-state index contributed by atoms with van der Waals surface area (Å²) in [7, 11) is 0. The molecule has 1 N–H and O–H groups in total. The molecule has 21 heavy (non-hydrogen) atoms. The number of benzene rings is 1. The van der Waals surface area contributed by atoms with E-state index < -0.39 is 0 Å². The van der Waals surface area contributed by atoms with Gasteiger partial charge in [-0.2, -0.15) is 0 Å². The molecule has 0 heterocycles. The van der Waals surface area contributed by atoms with Crippen LogP contribution < -0.4 is 5.32 Å². The lowest BCUT2D eigenvalue weighted by Gasteiger charge is -2.32. The summed E-state index contributed by atoms with van der Waals surface area (Å²) in [6.07, 6.45) is 6.49. The summed E-state index contributed by atoms with van der Waals surface area (Å²) < 4.78 is 0. The van der Waals surface area contributed by atoms with Gasteiger partial charge in [0.15, 0.2) is 0 Å². The SMILES string of the molecule is CC(C)CNCC1CCCCC1Cc1ccc(Cl)cc1Cl. The third kappa shape index (κ3) is 5.47. The van der Waals surface area contributed by atoms with Gasteiger partial charge in [0, 0.05) is 10.0 Å². The first kappa shape index (κ1) is 17.1. The van der Waals surface area contributed by atoms with Crippen LogP contribution in [-0.2, 0) is 6.42 Å². The van der Waals surface area contributed by atoms with Crippen LogP contribution in [0.5, 0.6) is 0 Å². The topological polar surface area (TPSA) is 12.0 Å². The van der Waals surface area contributed by atoms with Crippen molar-refractivity contribution in [3.63, 3.8) is 0 Å². The van der Waals surface area contributed by atoms with E-state index in [-0.39, 0.29) is 0 Å². The second-order valence-corrected chi connectivity index (χ2v) is 7.64. The third-order valence-corrected chi connectivity index (χ3v) is 5.11. The van der Waals surface area contributed by atoms with Gasteiger partial charge in [0.05, 0.1) is 0 Å². The normalized spacial score (nSPS) is 22.7. The summed E-state index contributed by atoms with van der Waals surface area (Å²) in [6, 6.07) is 5.92. The van der Waals surface area contributed by atoms with Gasteiger partial charge >= 0.3 is 0 Å². The molecular weight excluding hydrogens is 301 g/mol. The van der Waals surface area contributed by atoms with Gasteiger partial charge in [-0.3, -0.25) is 0 Å². The van der Waals surface area contributed by atoms with Crippen molar-refractivity contribution in [3.8, 4) is 0 Å². The highest BCUT2D eigenvalue weighted by atomic mass is 35.5. The third-order valence-electron chi connectivity index (χ3n) is 4.52. The number of hydrogen-bond acceptors (Lipinski definition) is 1. The predicted molar refractivity (Wildman–Crippen MR) is 93.3 cm³/mol. The zero-order valence-corrected chi connectivity index (χ0v) is 14.7. The lowest BCUT2D eigenvalue weighted by atomic mass is 9.76. The van der Waals surface area contributed by atoms with Gasteiger partial charge in [0.1, 0.15) is 0 Å². The van der Waals surface area contributed by atoms with Crippen LogP contribution in [0.25, 0.3) is 0 Å². The molecule has 1 aromatic rings. The Bertz CT molecular complexity index is 445. The molecule has 0 aromatic heterocycles. The summed E-state index contributed by atoms with van der Waals surface area (Å²) >= 11 is 12.3. The minimum absolute atomic E-state index is 0.720. The van der Waals surface area contributed by atoms with Crippen molar-refractivity contribution < 1.29 is 0 Å². The first-order valence-corrected chi connectivity index (χ1v) is 8.96. The van der Waals surface area contributed by atoms with Crippen molar-refractivity contribution in [2.24, 2.45) is 17.8 Å². The molecule has 1 saturated carbocycles. The van der Waals surface area contributed by atoms with Crippen LogP contribution in [0.4, 0.5) is 0 Å². The van der Waals surface area contributed by atoms with E-state index in [0.29, 0.717) is 0 Å². The van der Waals surface area contributed by atoms with Crippen LogP contribution in [0.1, 0.15) is 45.1 Å². The van der Waals surface area contributed by atoms with Crippen LogP contribution in [0.15, 0.2) is 18.2 Å². The Balaban J connectivity index is 1.94. The number of halogens is 2. The Labute approximate surface area is 139 Å². The molecule has 2 rings (SSSR count). The molecule has 0 amide bonds. The lowest BCUT2D eigenvalue weighted by molar-refractivity contribution is 0.226. The maximum atomic E-state index is 6.34. The molecule has 1 aliphatic carbocycles. The molecule has 2 unspecified atom stereocenters. The molecule has 1 fully saturated rings. The van der Waals surface area contributed by atoms with E-state index in [0.717, 1.165) is 47.3 Å². The molecule has 0 saturated heterocycles. The van der Waals surface area contributed by atoms with Crippen molar-refractivity contribution in [2.75, 3.05) is 13.1 Å². The van der Waals surface area contributed by atoms with E-state index in [4.69, 9.17) is 23.2 Å². The van der Waals surface area contributed by atoms with Gasteiger partial charge < -0.3 is 5.32 Å². The second-order valence-electron chi connectivity index (χ2n) is 6.80. The highest BCUT2D eigenvalue weighted by Crippen LogP contribution is 2.34. The zero-order chi connectivity index (χ0) is 15.2. The van der Waals surface area contributed by atoms with Crippen LogP contribution in [0.2, 0.25) is 10.0 Å². The maximum Gasteiger partial charge on any atom is 0.0452 e. The highest BCUT2D eigenvalue weighted by molar-refractivity contribution is 6.35. The summed E-state index contributed by atoms with van der Waals surface area (Å²) in [5.74, 6) is 2.25. The minimum Gasteiger partial charge on any atom is -0.316 e. The maximum absolute atomic E-state index is 6.34. The Kier molecular flexibility index (Phi) is 6.85. The standard InChI is InChI=1S/C18H27Cl2N/c1-13(2)11-21-12-16-6-4-3-5-14(16)9-15-7-8-17(19)10-18(15)20/h7-8,10,13-14,16,21H,3-6,9,11-12H2,1-2H3. The van der Waals surface area contributed by atoms with Gasteiger partial charge in [0.25, 0.3) is 0 Å². The molecule has 0 aliphatic heterocycles. The van der Waals surface area contributed by atoms with E-state index in [9.17, 15) is 0 Å². The highest BCUT2D eigenvalue weighted by Gasteiger charge is 2.25. The summed E-state index contributed by atoms with van der Waals surface area (Å²) in [4.78, 5) is 0. The quantitative estimate of drug-likeness (QED) is 0.718. The molecule has 3 heteroatoms. The van der Waals surface area contributed by atoms with Gasteiger partial charge in [-0.25, -0.2) is 0 Å². The molecule has 1 aromatic carbocycles. The van der Waals surface area contributed by atoms with Crippen LogP contribution in [-0.4, -0.2) is 13.1 Å². The average Bonchev–Trinajstić information content (AvgIpc) is 2.43. The van der Waals surface area contributed by atoms with Crippen LogP contribution in [0.3, 0.4) is 0 Å². The summed E-state index contributed by atoms with van der Waals surface area (Å²) in [5, 5.41) is 5.19. The smallest absolute Gasteiger partial charge is 0.0452 e. The molecule has 0 radical (unpaired) electrons. The van der Waals surface area contributed by atoms with Crippen molar-refractivity contribution >= 4 is 23.2 Å². The molecule has 2 atom stereocenters. The fourth-order valence-electron chi connectivity index (χ4n) is 3.35. The minimum atomic E-state index is 0.720. The second kappa shape index (κ2) is 8.41. The lowest BCUT2D eigenvalue weighted by Crippen LogP contribution is -2.33. The average molecular weight is 328 g/mol. The fraction of sp³-hybridized carbons (Fsp3) is 0.667. The number of nitrogens with one attached hydrogen (secondary N) is 1. The van der Waals surface area contributed by atoms with E-state index >= 15 is 0 Å². The molecule has 1 aliphatic rings. The van der Waals surface area contributed by atoms with E-state index in [1.165, 1.54) is 31.2 Å². The molecular formula is C18H27Cl2N. The molecule has 118 valence electrons. The van der Waals surface area contributed by atoms with Crippen LogP contribution in [0, 0.1) is 17.8 Å². The van der Waals surface area contributed by atoms with Crippen LogP contribution >= 0.6 is 23.2 Å². The van der Waals surface area contributed by atoms with Crippen molar-refractivity contribution in [3.05, 3.63) is 33.8 Å². The van der Waals surface area contributed by atoms with Gasteiger partial charge in [-0.15, -0.1) is 0 Å². The Morgan fingerprint density at radius 3 is 2.52 bits per heavy atom. The first-order chi connectivity index (χ1) is 10.1. The molecule has 1 nitrogen and oxygen atoms in total. The number of hydrogen-bond donors (Lipinski definition) is 1. The molecule has 0 bridgehead atoms. The van der Waals surface area contributed by atoms with Gasteiger partial charge in [-0.1, -0.05) is 56.0 Å². The first-order valence-electron chi connectivity index (χ1n) is 8.21. The Morgan fingerprint density at radius 1 is 1.14 bits per heavy atom. The van der Waals surface area contributed by atoms with E-state index in [1.54, 1.807) is 0 Å².